The highest BCUT2D eigenvalue weighted by Gasteiger charge is 2.19. The fourth-order valence-corrected chi connectivity index (χ4v) is 2.68. The van der Waals surface area contributed by atoms with Crippen LogP contribution in [-0.4, -0.2) is 20.2 Å². The van der Waals surface area contributed by atoms with Crippen LogP contribution in [0.5, 0.6) is 0 Å². The molecule has 0 radical (unpaired) electrons. The molecule has 1 N–H and O–H groups in total. The molecule has 2 aromatic heterocycles. The van der Waals surface area contributed by atoms with E-state index in [0.717, 1.165) is 27.9 Å². The van der Waals surface area contributed by atoms with E-state index >= 15 is 0 Å². The molecule has 5 heteroatoms. The molecular weight excluding hydrogens is 280 g/mol. The number of benzene rings is 1. The molecule has 0 aliphatic rings. The van der Waals surface area contributed by atoms with Gasteiger partial charge in [0, 0.05) is 16.6 Å². The molecule has 0 amide bonds. The maximum Gasteiger partial charge on any atom is 0.184 e. The summed E-state index contributed by atoms with van der Waals surface area (Å²) in [5.74, 6) is 1.63. The normalized spacial score (nSPS) is 12.0. The predicted octanol–water partition coefficient (Wildman–Crippen LogP) is 3.94. The van der Waals surface area contributed by atoms with E-state index in [9.17, 15) is 0 Å². The van der Waals surface area contributed by atoms with Crippen LogP contribution in [0.4, 0.5) is 0 Å². The summed E-state index contributed by atoms with van der Waals surface area (Å²) >= 11 is 1.63. The average Bonchev–Trinajstić information content (AvgIpc) is 2.94. The van der Waals surface area contributed by atoms with Crippen molar-refractivity contribution in [2.24, 2.45) is 0 Å². The Bertz CT molecular complexity index is 758. The molecule has 3 rings (SSSR count). The van der Waals surface area contributed by atoms with Gasteiger partial charge in [0.25, 0.3) is 0 Å². The van der Waals surface area contributed by atoms with Gasteiger partial charge >= 0.3 is 0 Å². The number of hydrogen-bond donors (Lipinski definition) is 1. The lowest BCUT2D eigenvalue weighted by Crippen LogP contribution is -2.13. The number of aromatic nitrogens is 4. The average molecular weight is 298 g/mol. The lowest BCUT2D eigenvalue weighted by molar-refractivity contribution is 0.547. The Morgan fingerprint density at radius 3 is 2.62 bits per heavy atom. The molecule has 21 heavy (non-hydrogen) atoms. The molecule has 0 fully saturated rings. The molecule has 0 atom stereocenters. The van der Waals surface area contributed by atoms with Crippen molar-refractivity contribution in [2.75, 3.05) is 0 Å². The SMILES string of the molecule is CC(C)(C)c1n[nH]c(SCc2ccc3ccccc3n2)n1. The molecule has 0 spiro atoms. The van der Waals surface area contributed by atoms with Crippen LogP contribution in [0.2, 0.25) is 0 Å². The smallest absolute Gasteiger partial charge is 0.184 e. The number of pyridine rings is 1. The number of rotatable bonds is 3. The number of nitrogens with zero attached hydrogens (tertiary/aromatic N) is 3. The second kappa shape index (κ2) is 5.48. The van der Waals surface area contributed by atoms with Gasteiger partial charge in [-0.25, -0.2) is 4.98 Å². The Labute approximate surface area is 128 Å². The monoisotopic (exact) mass is 298 g/mol. The van der Waals surface area contributed by atoms with E-state index in [2.05, 4.69) is 59.1 Å². The van der Waals surface area contributed by atoms with Crippen molar-refractivity contribution in [1.82, 2.24) is 20.2 Å². The van der Waals surface area contributed by atoms with E-state index in [-0.39, 0.29) is 5.41 Å². The molecule has 2 heterocycles. The zero-order valence-corrected chi connectivity index (χ0v) is 13.2. The number of H-pyrrole nitrogens is 1. The van der Waals surface area contributed by atoms with Crippen LogP contribution in [0, 0.1) is 0 Å². The highest BCUT2D eigenvalue weighted by Crippen LogP contribution is 2.23. The van der Waals surface area contributed by atoms with Crippen LogP contribution < -0.4 is 0 Å². The van der Waals surface area contributed by atoms with Crippen molar-refractivity contribution < 1.29 is 0 Å². The minimum absolute atomic E-state index is 0.0312. The van der Waals surface area contributed by atoms with Gasteiger partial charge in [-0.15, -0.1) is 0 Å². The summed E-state index contributed by atoms with van der Waals surface area (Å²) in [5.41, 5.74) is 2.05. The summed E-state index contributed by atoms with van der Waals surface area (Å²) in [4.78, 5) is 9.19. The lowest BCUT2D eigenvalue weighted by atomic mass is 9.96. The van der Waals surface area contributed by atoms with Crippen LogP contribution in [0.1, 0.15) is 32.3 Å². The van der Waals surface area contributed by atoms with Crippen LogP contribution in [0.15, 0.2) is 41.6 Å². The van der Waals surface area contributed by atoms with Gasteiger partial charge in [-0.05, 0) is 12.1 Å². The maximum atomic E-state index is 4.66. The van der Waals surface area contributed by atoms with Gasteiger partial charge < -0.3 is 0 Å². The van der Waals surface area contributed by atoms with Crippen LogP contribution in [0.25, 0.3) is 10.9 Å². The largest absolute Gasteiger partial charge is 0.254 e. The van der Waals surface area contributed by atoms with E-state index in [1.807, 2.05) is 18.2 Å². The number of para-hydroxylation sites is 1. The second-order valence-corrected chi connectivity index (χ2v) is 6.96. The molecule has 0 bridgehead atoms. The highest BCUT2D eigenvalue weighted by molar-refractivity contribution is 7.98. The fourth-order valence-electron chi connectivity index (χ4n) is 1.98. The predicted molar refractivity (Wildman–Crippen MR) is 86.4 cm³/mol. The third kappa shape index (κ3) is 3.24. The van der Waals surface area contributed by atoms with Crippen molar-refractivity contribution in [3.8, 4) is 0 Å². The van der Waals surface area contributed by atoms with Crippen molar-refractivity contribution in [1.29, 1.82) is 0 Å². The molecule has 108 valence electrons. The standard InChI is InChI=1S/C16H18N4S/c1-16(2,3)14-18-15(20-19-14)21-10-12-9-8-11-6-4-5-7-13(11)17-12/h4-9H,10H2,1-3H3,(H,18,19,20). The third-order valence-corrected chi connectivity index (χ3v) is 4.04. The Hall–Kier alpha value is -1.88. The Morgan fingerprint density at radius 1 is 1.05 bits per heavy atom. The first kappa shape index (κ1) is 14.1. The number of fused-ring (bicyclic) bond motifs is 1. The number of thioether (sulfide) groups is 1. The maximum absolute atomic E-state index is 4.66. The summed E-state index contributed by atoms with van der Waals surface area (Å²) < 4.78 is 0. The summed E-state index contributed by atoms with van der Waals surface area (Å²) in [5, 5.41) is 9.28. The van der Waals surface area contributed by atoms with Crippen LogP contribution in [-0.2, 0) is 11.2 Å². The highest BCUT2D eigenvalue weighted by atomic mass is 32.2. The minimum Gasteiger partial charge on any atom is -0.254 e. The molecule has 0 aliphatic heterocycles. The van der Waals surface area contributed by atoms with E-state index in [4.69, 9.17) is 0 Å². The Balaban J connectivity index is 1.73. The van der Waals surface area contributed by atoms with Crippen molar-refractivity contribution in [3.63, 3.8) is 0 Å². The van der Waals surface area contributed by atoms with Gasteiger partial charge in [-0.1, -0.05) is 56.8 Å². The zero-order valence-electron chi connectivity index (χ0n) is 12.4. The van der Waals surface area contributed by atoms with E-state index in [1.165, 1.54) is 5.39 Å². The van der Waals surface area contributed by atoms with E-state index in [1.54, 1.807) is 11.8 Å². The lowest BCUT2D eigenvalue weighted by Gasteiger charge is -2.11. The summed E-state index contributed by atoms with van der Waals surface area (Å²) in [7, 11) is 0. The van der Waals surface area contributed by atoms with Gasteiger partial charge in [-0.3, -0.25) is 10.1 Å². The van der Waals surface area contributed by atoms with Crippen molar-refractivity contribution >= 4 is 22.7 Å². The molecule has 0 saturated heterocycles. The molecule has 0 unspecified atom stereocenters. The molecule has 0 saturated carbocycles. The summed E-state index contributed by atoms with van der Waals surface area (Å²) in [6, 6.07) is 12.3. The van der Waals surface area contributed by atoms with E-state index in [0.29, 0.717) is 0 Å². The van der Waals surface area contributed by atoms with Gasteiger partial charge in [0.2, 0.25) is 0 Å². The van der Waals surface area contributed by atoms with Crippen molar-refractivity contribution in [3.05, 3.63) is 47.9 Å². The first-order valence-corrected chi connectivity index (χ1v) is 7.91. The van der Waals surface area contributed by atoms with Gasteiger partial charge in [0.05, 0.1) is 11.2 Å². The topological polar surface area (TPSA) is 54.5 Å². The van der Waals surface area contributed by atoms with Gasteiger partial charge in [0.15, 0.2) is 11.0 Å². The van der Waals surface area contributed by atoms with Gasteiger partial charge in [0.1, 0.15) is 0 Å². The Morgan fingerprint density at radius 2 is 1.86 bits per heavy atom. The Kier molecular flexibility index (Phi) is 3.68. The first-order chi connectivity index (χ1) is 10.0. The fraction of sp³-hybridized carbons (Fsp3) is 0.312. The van der Waals surface area contributed by atoms with Crippen LogP contribution in [0.3, 0.4) is 0 Å². The zero-order chi connectivity index (χ0) is 14.9. The number of hydrogen-bond acceptors (Lipinski definition) is 4. The molecule has 1 aromatic carbocycles. The van der Waals surface area contributed by atoms with Crippen molar-refractivity contribution in [2.45, 2.75) is 37.1 Å². The summed E-state index contributed by atoms with van der Waals surface area (Å²) in [6.45, 7) is 6.32. The van der Waals surface area contributed by atoms with Gasteiger partial charge in [-0.2, -0.15) is 5.10 Å². The van der Waals surface area contributed by atoms with Crippen LogP contribution >= 0.6 is 11.8 Å². The summed E-state index contributed by atoms with van der Waals surface area (Å²) in [6.07, 6.45) is 0. The van der Waals surface area contributed by atoms with E-state index < -0.39 is 0 Å². The number of aromatic amines is 1. The third-order valence-electron chi connectivity index (χ3n) is 3.15. The quantitative estimate of drug-likeness (QED) is 0.744. The first-order valence-electron chi connectivity index (χ1n) is 6.93. The molecule has 4 nitrogen and oxygen atoms in total. The molecule has 3 aromatic rings. The second-order valence-electron chi connectivity index (χ2n) is 6.00. The minimum atomic E-state index is -0.0312. The number of nitrogens with one attached hydrogen (secondary N) is 1. The molecular formula is C16H18N4S. The molecule has 0 aliphatic carbocycles.